The van der Waals surface area contributed by atoms with Gasteiger partial charge >= 0.3 is 12.1 Å². The molecular formula is C25H35N5O7. The molecule has 12 heteroatoms. The SMILES string of the molecule is CCc1ccc(C(C(=O)NCC(=O)OC)N(CC#N)C(=O)C(CCC(N)=O)NC(=O)OC(C)(C)C)cc1. The minimum atomic E-state index is -1.33. The van der Waals surface area contributed by atoms with Crippen LogP contribution in [-0.4, -0.2) is 66.5 Å². The molecular weight excluding hydrogens is 482 g/mol. The molecule has 2 atom stereocenters. The van der Waals surface area contributed by atoms with E-state index in [4.69, 9.17) is 10.5 Å². The van der Waals surface area contributed by atoms with E-state index in [1.807, 2.05) is 13.0 Å². The molecule has 37 heavy (non-hydrogen) atoms. The van der Waals surface area contributed by atoms with Crippen LogP contribution in [0.4, 0.5) is 4.79 Å². The molecule has 4 N–H and O–H groups in total. The first kappa shape index (κ1) is 30.9. The number of nitrogens with one attached hydrogen (secondary N) is 2. The Morgan fingerprint density at radius 3 is 2.24 bits per heavy atom. The van der Waals surface area contributed by atoms with E-state index in [0.717, 1.165) is 24.0 Å². The van der Waals surface area contributed by atoms with Crippen molar-refractivity contribution in [2.24, 2.45) is 5.73 Å². The summed E-state index contributed by atoms with van der Waals surface area (Å²) in [5.41, 5.74) is 5.72. The van der Waals surface area contributed by atoms with Crippen molar-refractivity contribution in [3.63, 3.8) is 0 Å². The Hall–Kier alpha value is -4.14. The second-order valence-electron chi connectivity index (χ2n) is 9.12. The van der Waals surface area contributed by atoms with Gasteiger partial charge in [0.15, 0.2) is 0 Å². The van der Waals surface area contributed by atoms with Gasteiger partial charge in [0, 0.05) is 6.42 Å². The Kier molecular flexibility index (Phi) is 12.0. The predicted octanol–water partition coefficient (Wildman–Crippen LogP) is 1.09. The standard InChI is InChI=1S/C25H35N5O7/c1-6-16-7-9-17(10-8-16)21(22(33)28-15-20(32)36-5)30(14-13-26)23(34)18(11-12-19(27)31)29-24(35)37-25(2,3)4/h7-10,18,21H,6,11-12,14-15H2,1-5H3,(H2,27,31)(H,28,33)(H,29,35). The maximum atomic E-state index is 13.7. The summed E-state index contributed by atoms with van der Waals surface area (Å²) in [7, 11) is 1.16. The van der Waals surface area contributed by atoms with Crippen molar-refractivity contribution >= 4 is 29.8 Å². The number of carbonyl (C=O) groups is 5. The number of nitriles is 1. The molecule has 0 saturated carbocycles. The van der Waals surface area contributed by atoms with Crippen LogP contribution in [0.1, 0.15) is 57.7 Å². The van der Waals surface area contributed by atoms with E-state index in [1.165, 1.54) is 0 Å². The van der Waals surface area contributed by atoms with Gasteiger partial charge in [0.2, 0.25) is 17.7 Å². The fourth-order valence-corrected chi connectivity index (χ4v) is 3.30. The summed E-state index contributed by atoms with van der Waals surface area (Å²) >= 11 is 0. The highest BCUT2D eigenvalue weighted by Gasteiger charge is 2.36. The van der Waals surface area contributed by atoms with Gasteiger partial charge in [-0.25, -0.2) is 4.79 Å². The minimum Gasteiger partial charge on any atom is -0.468 e. The van der Waals surface area contributed by atoms with Crippen molar-refractivity contribution < 1.29 is 33.4 Å². The molecule has 0 aliphatic heterocycles. The predicted molar refractivity (Wildman–Crippen MR) is 132 cm³/mol. The molecule has 0 aliphatic carbocycles. The third kappa shape index (κ3) is 10.6. The molecule has 0 aliphatic rings. The number of aryl methyl sites for hydroxylation is 1. The van der Waals surface area contributed by atoms with Crippen LogP contribution >= 0.6 is 0 Å². The summed E-state index contributed by atoms with van der Waals surface area (Å²) < 4.78 is 9.78. The second-order valence-corrected chi connectivity index (χ2v) is 9.12. The Labute approximate surface area is 216 Å². The van der Waals surface area contributed by atoms with Crippen molar-refractivity contribution in [2.45, 2.75) is 64.6 Å². The first-order valence-electron chi connectivity index (χ1n) is 11.7. The Morgan fingerprint density at radius 1 is 1.14 bits per heavy atom. The van der Waals surface area contributed by atoms with Gasteiger partial charge in [-0.15, -0.1) is 0 Å². The van der Waals surface area contributed by atoms with Crippen LogP contribution in [0.3, 0.4) is 0 Å². The Bertz CT molecular complexity index is 1010. The summed E-state index contributed by atoms with van der Waals surface area (Å²) in [6.45, 7) is 5.86. The quantitative estimate of drug-likeness (QED) is 0.272. The third-order valence-electron chi connectivity index (χ3n) is 5.09. The zero-order valence-electron chi connectivity index (χ0n) is 21.8. The lowest BCUT2D eigenvalue weighted by Crippen LogP contribution is -2.53. The number of alkyl carbamates (subject to hydrolysis) is 1. The minimum absolute atomic E-state index is 0.194. The summed E-state index contributed by atoms with van der Waals surface area (Å²) in [6, 6.07) is 6.02. The van der Waals surface area contributed by atoms with Gasteiger partial charge in [-0.2, -0.15) is 5.26 Å². The van der Waals surface area contributed by atoms with Crippen LogP contribution in [0, 0.1) is 11.3 Å². The van der Waals surface area contributed by atoms with Gasteiger partial charge in [0.1, 0.15) is 30.8 Å². The lowest BCUT2D eigenvalue weighted by molar-refractivity contribution is -0.144. The molecule has 0 radical (unpaired) electrons. The number of benzene rings is 1. The van der Waals surface area contributed by atoms with Crippen molar-refractivity contribution in [1.82, 2.24) is 15.5 Å². The van der Waals surface area contributed by atoms with Gasteiger partial charge in [0.05, 0.1) is 13.2 Å². The zero-order valence-corrected chi connectivity index (χ0v) is 21.8. The Morgan fingerprint density at radius 2 is 1.76 bits per heavy atom. The number of esters is 1. The van der Waals surface area contributed by atoms with E-state index in [9.17, 15) is 29.2 Å². The lowest BCUT2D eigenvalue weighted by Gasteiger charge is -2.33. The molecule has 1 rings (SSSR count). The average molecular weight is 518 g/mol. The van der Waals surface area contributed by atoms with Crippen molar-refractivity contribution in [2.75, 3.05) is 20.2 Å². The van der Waals surface area contributed by atoms with Gasteiger partial charge in [-0.05, 0) is 44.7 Å². The van der Waals surface area contributed by atoms with Crippen LogP contribution in [-0.2, 0) is 35.1 Å². The lowest BCUT2D eigenvalue weighted by atomic mass is 10.00. The van der Waals surface area contributed by atoms with Gasteiger partial charge < -0.3 is 30.7 Å². The number of ether oxygens (including phenoxy) is 2. The second kappa shape index (κ2) is 14.4. The van der Waals surface area contributed by atoms with Crippen LogP contribution in [0.2, 0.25) is 0 Å². The molecule has 202 valence electrons. The maximum Gasteiger partial charge on any atom is 0.408 e. The van der Waals surface area contributed by atoms with Crippen LogP contribution in [0.15, 0.2) is 24.3 Å². The molecule has 1 aromatic rings. The maximum absolute atomic E-state index is 13.7. The smallest absolute Gasteiger partial charge is 0.408 e. The number of nitrogens with zero attached hydrogens (tertiary/aromatic N) is 2. The molecule has 4 amide bonds. The third-order valence-corrected chi connectivity index (χ3v) is 5.09. The van der Waals surface area contributed by atoms with Gasteiger partial charge in [-0.1, -0.05) is 31.2 Å². The van der Waals surface area contributed by atoms with E-state index in [0.29, 0.717) is 5.56 Å². The summed E-state index contributed by atoms with van der Waals surface area (Å²) in [5, 5.41) is 14.3. The van der Waals surface area contributed by atoms with Crippen LogP contribution < -0.4 is 16.4 Å². The largest absolute Gasteiger partial charge is 0.468 e. The summed E-state index contributed by atoms with van der Waals surface area (Å²) in [4.78, 5) is 63.3. The van der Waals surface area contributed by atoms with Crippen LogP contribution in [0.5, 0.6) is 0 Å². The highest BCUT2D eigenvalue weighted by atomic mass is 16.6. The fourth-order valence-electron chi connectivity index (χ4n) is 3.30. The van der Waals surface area contributed by atoms with E-state index >= 15 is 0 Å². The van der Waals surface area contributed by atoms with E-state index in [1.54, 1.807) is 45.0 Å². The first-order valence-corrected chi connectivity index (χ1v) is 11.7. The van der Waals surface area contributed by atoms with Crippen molar-refractivity contribution in [1.29, 1.82) is 5.26 Å². The number of carbonyl (C=O) groups excluding carboxylic acids is 5. The topological polar surface area (TPSA) is 181 Å². The average Bonchev–Trinajstić information content (AvgIpc) is 2.83. The number of primary amides is 1. The van der Waals surface area contributed by atoms with E-state index in [2.05, 4.69) is 15.4 Å². The van der Waals surface area contributed by atoms with Gasteiger partial charge in [-0.3, -0.25) is 19.2 Å². The normalized spacial score (nSPS) is 12.3. The van der Waals surface area contributed by atoms with Crippen molar-refractivity contribution in [3.8, 4) is 6.07 Å². The van der Waals surface area contributed by atoms with E-state index < -0.39 is 60.6 Å². The fraction of sp³-hybridized carbons (Fsp3) is 0.520. The molecule has 0 heterocycles. The molecule has 0 spiro atoms. The van der Waals surface area contributed by atoms with Crippen molar-refractivity contribution in [3.05, 3.63) is 35.4 Å². The summed E-state index contributed by atoms with van der Waals surface area (Å²) in [6.07, 6.45) is -0.640. The molecule has 0 fully saturated rings. The Balaban J connectivity index is 3.45. The number of amides is 4. The molecule has 12 nitrogen and oxygen atoms in total. The number of nitrogens with two attached hydrogens (primary N) is 1. The van der Waals surface area contributed by atoms with Crippen LogP contribution in [0.25, 0.3) is 0 Å². The summed E-state index contributed by atoms with van der Waals surface area (Å²) in [5.74, 6) is -2.98. The highest BCUT2D eigenvalue weighted by Crippen LogP contribution is 2.24. The molecule has 1 aromatic carbocycles. The number of methoxy groups -OCH3 is 1. The molecule has 0 aromatic heterocycles. The molecule has 0 saturated heterocycles. The number of hydrogen-bond acceptors (Lipinski definition) is 8. The number of hydrogen-bond donors (Lipinski definition) is 3. The number of rotatable bonds is 12. The first-order chi connectivity index (χ1) is 17.3. The highest BCUT2D eigenvalue weighted by molar-refractivity contribution is 5.93. The molecule has 2 unspecified atom stereocenters. The van der Waals surface area contributed by atoms with E-state index in [-0.39, 0.29) is 12.8 Å². The monoisotopic (exact) mass is 517 g/mol. The van der Waals surface area contributed by atoms with Gasteiger partial charge in [0.25, 0.3) is 0 Å². The zero-order chi connectivity index (χ0) is 28.2. The molecule has 0 bridgehead atoms.